The number of amides is 1. The first kappa shape index (κ1) is 7.36. The molecule has 0 spiro atoms. The average Bonchev–Trinajstić information content (AvgIpc) is 2.07. The molecule has 60 valence electrons. The molecule has 0 aromatic heterocycles. The Morgan fingerprint density at radius 2 is 2.33 bits per heavy atom. The second kappa shape index (κ2) is 2.64. The van der Waals surface area contributed by atoms with Crippen molar-refractivity contribution in [3.63, 3.8) is 0 Å². The summed E-state index contributed by atoms with van der Waals surface area (Å²) in [4.78, 5) is 22.3. The Hall–Kier alpha value is -1.29. The maximum atomic E-state index is 11.1. The van der Waals surface area contributed by atoms with Crippen LogP contribution in [0.3, 0.4) is 0 Å². The normalized spacial score (nSPS) is 21.1. The first-order chi connectivity index (χ1) is 5.77. The first-order valence-corrected chi connectivity index (χ1v) is 3.73. The van der Waals surface area contributed by atoms with Crippen LogP contribution in [0, 0.1) is 0 Å². The standard InChI is InChI=1S/C7H4ClN3O/c8-5-2-1-4-6(11-5)7(12)10-3-9-4/h2-3H,1H2. The Morgan fingerprint density at radius 3 is 3.17 bits per heavy atom. The summed E-state index contributed by atoms with van der Waals surface area (Å²) in [5, 5.41) is 0.328. The van der Waals surface area contributed by atoms with Crippen LogP contribution in [-0.2, 0) is 4.79 Å². The summed E-state index contributed by atoms with van der Waals surface area (Å²) in [6.45, 7) is 0. The minimum Gasteiger partial charge on any atom is -0.265 e. The molecule has 4 nitrogen and oxygen atoms in total. The molecule has 2 aliphatic rings. The zero-order valence-corrected chi connectivity index (χ0v) is 6.75. The van der Waals surface area contributed by atoms with Gasteiger partial charge in [-0.15, -0.1) is 0 Å². The molecule has 0 aromatic rings. The lowest BCUT2D eigenvalue weighted by Crippen LogP contribution is -2.27. The number of halogens is 1. The molecule has 0 unspecified atom stereocenters. The van der Waals surface area contributed by atoms with Gasteiger partial charge in [-0.25, -0.2) is 9.98 Å². The van der Waals surface area contributed by atoms with Crippen LogP contribution in [-0.4, -0.2) is 23.7 Å². The van der Waals surface area contributed by atoms with Crippen LogP contribution in [0.1, 0.15) is 6.42 Å². The van der Waals surface area contributed by atoms with Crippen molar-refractivity contribution in [3.05, 3.63) is 11.2 Å². The van der Waals surface area contributed by atoms with Gasteiger partial charge in [0.2, 0.25) is 0 Å². The van der Waals surface area contributed by atoms with Gasteiger partial charge in [-0.3, -0.25) is 4.79 Å². The Balaban J connectivity index is 2.47. The fourth-order valence-electron chi connectivity index (χ4n) is 0.992. The second-order valence-electron chi connectivity index (χ2n) is 2.32. The van der Waals surface area contributed by atoms with Gasteiger partial charge in [0.05, 0.1) is 5.71 Å². The van der Waals surface area contributed by atoms with Gasteiger partial charge in [0, 0.05) is 6.42 Å². The van der Waals surface area contributed by atoms with E-state index in [2.05, 4.69) is 15.0 Å². The summed E-state index contributed by atoms with van der Waals surface area (Å²) in [5.74, 6) is -0.369. The third-order valence-corrected chi connectivity index (χ3v) is 1.79. The van der Waals surface area contributed by atoms with Gasteiger partial charge in [0.1, 0.15) is 11.5 Å². The number of fused-ring (bicyclic) bond motifs is 1. The second-order valence-corrected chi connectivity index (χ2v) is 2.70. The number of carbonyl (C=O) groups excluding carboxylic acids is 1. The fraction of sp³-hybridized carbons (Fsp3) is 0.143. The van der Waals surface area contributed by atoms with E-state index in [4.69, 9.17) is 11.6 Å². The molecule has 0 fully saturated rings. The summed E-state index contributed by atoms with van der Waals surface area (Å²) >= 11 is 5.62. The lowest BCUT2D eigenvalue weighted by atomic mass is 10.1. The van der Waals surface area contributed by atoms with Gasteiger partial charge in [-0.2, -0.15) is 4.99 Å². The molecule has 12 heavy (non-hydrogen) atoms. The molecule has 0 bridgehead atoms. The van der Waals surface area contributed by atoms with Crippen LogP contribution in [0.5, 0.6) is 0 Å². The van der Waals surface area contributed by atoms with E-state index in [1.165, 1.54) is 6.34 Å². The maximum Gasteiger partial charge on any atom is 0.299 e. The Bertz CT molecular complexity index is 365. The predicted octanol–water partition coefficient (Wildman–Crippen LogP) is 0.921. The number of carbonyl (C=O) groups is 1. The highest BCUT2D eigenvalue weighted by atomic mass is 35.5. The molecule has 0 aliphatic carbocycles. The molecular formula is C7H4ClN3O. The van der Waals surface area contributed by atoms with Gasteiger partial charge in [0.25, 0.3) is 5.91 Å². The maximum absolute atomic E-state index is 11.1. The number of hydrogen-bond acceptors (Lipinski definition) is 3. The Morgan fingerprint density at radius 1 is 1.50 bits per heavy atom. The van der Waals surface area contributed by atoms with E-state index < -0.39 is 0 Å². The number of hydrogen-bond donors (Lipinski definition) is 0. The quantitative estimate of drug-likeness (QED) is 0.513. The highest BCUT2D eigenvalue weighted by Crippen LogP contribution is 2.14. The van der Waals surface area contributed by atoms with E-state index in [1.807, 2.05) is 0 Å². The summed E-state index contributed by atoms with van der Waals surface area (Å²) in [6.07, 6.45) is 3.50. The van der Waals surface area contributed by atoms with Crippen molar-refractivity contribution >= 4 is 35.3 Å². The van der Waals surface area contributed by atoms with E-state index in [0.717, 1.165) is 0 Å². The molecule has 0 radical (unpaired) electrons. The monoisotopic (exact) mass is 181 g/mol. The highest BCUT2D eigenvalue weighted by Gasteiger charge is 2.22. The molecule has 5 heteroatoms. The van der Waals surface area contributed by atoms with Crippen LogP contribution in [0.2, 0.25) is 0 Å². The van der Waals surface area contributed by atoms with Crippen LogP contribution >= 0.6 is 11.6 Å². The third-order valence-electron chi connectivity index (χ3n) is 1.55. The van der Waals surface area contributed by atoms with Gasteiger partial charge in [-0.05, 0) is 6.08 Å². The first-order valence-electron chi connectivity index (χ1n) is 3.35. The van der Waals surface area contributed by atoms with E-state index in [1.54, 1.807) is 6.08 Å². The largest absolute Gasteiger partial charge is 0.299 e. The molecule has 0 saturated heterocycles. The number of rotatable bonds is 0. The van der Waals surface area contributed by atoms with Crippen LogP contribution in [0.15, 0.2) is 26.2 Å². The van der Waals surface area contributed by atoms with Crippen LogP contribution in [0.4, 0.5) is 0 Å². The van der Waals surface area contributed by atoms with Crippen LogP contribution in [0.25, 0.3) is 0 Å². The predicted molar refractivity (Wildman–Crippen MR) is 46.9 cm³/mol. The minimum atomic E-state index is -0.369. The third kappa shape index (κ3) is 1.10. The minimum absolute atomic E-state index is 0.269. The van der Waals surface area contributed by atoms with Crippen molar-refractivity contribution in [2.45, 2.75) is 6.42 Å². The highest BCUT2D eigenvalue weighted by molar-refractivity contribution is 6.69. The molecule has 2 heterocycles. The molecule has 0 N–H and O–H groups in total. The topological polar surface area (TPSA) is 54.1 Å². The summed E-state index contributed by atoms with van der Waals surface area (Å²) in [5.41, 5.74) is 0.907. The number of aliphatic imine (C=N–C) groups is 3. The molecule has 2 aliphatic heterocycles. The number of allylic oxidation sites excluding steroid dienone is 1. The molecular weight excluding hydrogens is 178 g/mol. The fourth-order valence-corrected chi connectivity index (χ4v) is 1.15. The molecule has 0 saturated carbocycles. The van der Waals surface area contributed by atoms with Gasteiger partial charge < -0.3 is 0 Å². The van der Waals surface area contributed by atoms with Crippen LogP contribution < -0.4 is 0 Å². The average molecular weight is 182 g/mol. The van der Waals surface area contributed by atoms with Crippen molar-refractivity contribution in [1.29, 1.82) is 0 Å². The summed E-state index contributed by atoms with van der Waals surface area (Å²) < 4.78 is 0. The summed E-state index contributed by atoms with van der Waals surface area (Å²) in [7, 11) is 0. The number of nitrogens with zero attached hydrogens (tertiary/aromatic N) is 3. The van der Waals surface area contributed by atoms with Gasteiger partial charge in [0.15, 0.2) is 5.71 Å². The van der Waals surface area contributed by atoms with Crippen molar-refractivity contribution in [2.75, 3.05) is 0 Å². The molecule has 2 rings (SSSR count). The van der Waals surface area contributed by atoms with Crippen molar-refractivity contribution in [3.8, 4) is 0 Å². The van der Waals surface area contributed by atoms with Gasteiger partial charge >= 0.3 is 0 Å². The zero-order chi connectivity index (χ0) is 8.55. The van der Waals surface area contributed by atoms with E-state index >= 15 is 0 Å². The van der Waals surface area contributed by atoms with Crippen molar-refractivity contribution < 1.29 is 4.79 Å². The lowest BCUT2D eigenvalue weighted by Gasteiger charge is -2.10. The van der Waals surface area contributed by atoms with Crippen molar-refractivity contribution in [2.24, 2.45) is 15.0 Å². The van der Waals surface area contributed by atoms with E-state index in [9.17, 15) is 4.79 Å². The zero-order valence-electron chi connectivity index (χ0n) is 5.99. The molecule has 0 atom stereocenters. The SMILES string of the molecule is O=C1N=CN=C2CC=C(Cl)N=C12. The Labute approximate surface area is 73.4 Å². The smallest absolute Gasteiger partial charge is 0.265 e. The lowest BCUT2D eigenvalue weighted by molar-refractivity contribution is -0.111. The van der Waals surface area contributed by atoms with E-state index in [-0.39, 0.29) is 11.6 Å². The molecule has 1 amide bonds. The van der Waals surface area contributed by atoms with Gasteiger partial charge in [-0.1, -0.05) is 11.6 Å². The molecule has 0 aromatic carbocycles. The Kier molecular flexibility index (Phi) is 1.62. The summed E-state index contributed by atoms with van der Waals surface area (Å²) in [6, 6.07) is 0. The van der Waals surface area contributed by atoms with Crippen molar-refractivity contribution in [1.82, 2.24) is 0 Å². The van der Waals surface area contributed by atoms with E-state index in [0.29, 0.717) is 17.3 Å².